The second kappa shape index (κ2) is 11.0. The topological polar surface area (TPSA) is 37.3 Å². The molecular formula is C14H24Br4O2. The highest BCUT2D eigenvalue weighted by molar-refractivity contribution is 9.30. The van der Waals surface area contributed by atoms with E-state index in [0.29, 0.717) is 0 Å². The summed E-state index contributed by atoms with van der Waals surface area (Å²) in [6.45, 7) is 2.23. The van der Waals surface area contributed by atoms with E-state index in [-0.39, 0.29) is 0 Å². The van der Waals surface area contributed by atoms with Crippen LogP contribution in [0.1, 0.15) is 71.1 Å². The number of halogens is 4. The van der Waals surface area contributed by atoms with E-state index in [2.05, 4.69) is 70.6 Å². The van der Waals surface area contributed by atoms with Crippen molar-refractivity contribution in [3.63, 3.8) is 0 Å². The van der Waals surface area contributed by atoms with Crippen molar-refractivity contribution in [2.24, 2.45) is 0 Å². The Bertz CT molecular complexity index is 280. The lowest BCUT2D eigenvalue weighted by molar-refractivity contribution is -0.137. The molecule has 0 unspecified atom stereocenters. The van der Waals surface area contributed by atoms with Gasteiger partial charge in [-0.3, -0.25) is 0 Å². The maximum absolute atomic E-state index is 11.2. The van der Waals surface area contributed by atoms with Crippen molar-refractivity contribution >= 4 is 69.7 Å². The van der Waals surface area contributed by atoms with Crippen molar-refractivity contribution in [3.05, 3.63) is 0 Å². The molecule has 0 atom stereocenters. The molecule has 0 saturated heterocycles. The summed E-state index contributed by atoms with van der Waals surface area (Å²) in [6, 6.07) is 0. The van der Waals surface area contributed by atoms with Crippen LogP contribution in [0.5, 0.6) is 0 Å². The SMILES string of the molecule is CCCCCCCCCCCC(Br)(Br)C(Br)(Br)C(=O)O. The van der Waals surface area contributed by atoms with Crippen molar-refractivity contribution in [2.75, 3.05) is 0 Å². The minimum absolute atomic E-state index is 0.681. The number of unbranched alkanes of at least 4 members (excludes halogenated alkanes) is 8. The van der Waals surface area contributed by atoms with Crippen LogP contribution in [0.15, 0.2) is 0 Å². The molecule has 0 aliphatic carbocycles. The van der Waals surface area contributed by atoms with Gasteiger partial charge in [0.05, 0.1) is 0 Å². The minimum Gasteiger partial charge on any atom is -0.480 e. The molecule has 6 heteroatoms. The van der Waals surface area contributed by atoms with Crippen LogP contribution >= 0.6 is 63.7 Å². The van der Waals surface area contributed by atoms with E-state index in [0.717, 1.165) is 19.3 Å². The first-order valence-corrected chi connectivity index (χ1v) is 10.4. The van der Waals surface area contributed by atoms with Gasteiger partial charge in [-0.25, -0.2) is 4.79 Å². The van der Waals surface area contributed by atoms with Crippen LogP contribution in [0.2, 0.25) is 0 Å². The molecule has 0 aromatic carbocycles. The molecule has 0 heterocycles. The van der Waals surface area contributed by atoms with Crippen molar-refractivity contribution in [2.45, 2.75) is 77.6 Å². The molecule has 0 aromatic rings. The molecule has 1 N–H and O–H groups in total. The second-order valence-electron chi connectivity index (χ2n) is 5.16. The highest BCUT2D eigenvalue weighted by Crippen LogP contribution is 2.51. The van der Waals surface area contributed by atoms with Gasteiger partial charge in [0.2, 0.25) is 3.23 Å². The van der Waals surface area contributed by atoms with E-state index in [9.17, 15) is 4.79 Å². The summed E-state index contributed by atoms with van der Waals surface area (Å²) in [5.41, 5.74) is 0. The maximum Gasteiger partial charge on any atom is 0.333 e. The summed E-state index contributed by atoms with van der Waals surface area (Å²) in [5, 5.41) is 9.17. The molecule has 120 valence electrons. The summed E-state index contributed by atoms with van der Waals surface area (Å²) in [5.74, 6) is -0.942. The van der Waals surface area contributed by atoms with E-state index >= 15 is 0 Å². The van der Waals surface area contributed by atoms with E-state index < -0.39 is 12.4 Å². The molecule has 0 bridgehead atoms. The minimum atomic E-state index is -1.19. The molecule has 0 spiro atoms. The smallest absolute Gasteiger partial charge is 0.333 e. The molecular weight excluding hydrogens is 520 g/mol. The lowest BCUT2D eigenvalue weighted by Crippen LogP contribution is -2.41. The van der Waals surface area contributed by atoms with Gasteiger partial charge in [0, 0.05) is 0 Å². The first kappa shape index (κ1) is 21.4. The molecule has 0 radical (unpaired) electrons. The van der Waals surface area contributed by atoms with Crippen LogP contribution in [0.4, 0.5) is 0 Å². The lowest BCUT2D eigenvalue weighted by Gasteiger charge is -2.30. The van der Waals surface area contributed by atoms with Gasteiger partial charge in [-0.05, 0) is 6.42 Å². The molecule has 0 aliphatic rings. The van der Waals surface area contributed by atoms with Crippen molar-refractivity contribution in [1.82, 2.24) is 0 Å². The molecule has 20 heavy (non-hydrogen) atoms. The first-order chi connectivity index (χ1) is 9.25. The molecule has 0 aromatic heterocycles. The number of aliphatic carboxylic acids is 1. The second-order valence-corrected chi connectivity index (χ2v) is 12.4. The van der Waals surface area contributed by atoms with Gasteiger partial charge in [-0.2, -0.15) is 0 Å². The van der Waals surface area contributed by atoms with Gasteiger partial charge in [0.15, 0.2) is 0 Å². The third kappa shape index (κ3) is 8.14. The zero-order valence-corrected chi connectivity index (χ0v) is 18.3. The highest BCUT2D eigenvalue weighted by atomic mass is 79.9. The molecule has 0 aliphatic heterocycles. The number of carboxylic acid groups (broad SMARTS) is 1. The average molecular weight is 544 g/mol. The third-order valence-corrected chi connectivity index (χ3v) is 9.47. The first-order valence-electron chi connectivity index (χ1n) is 7.24. The predicted octanol–water partition coefficient (Wildman–Crippen LogP) is 6.96. The number of hydrogen-bond donors (Lipinski definition) is 1. The zero-order valence-electron chi connectivity index (χ0n) is 11.9. The number of alkyl halides is 4. The summed E-state index contributed by atoms with van der Waals surface area (Å²) in [4.78, 5) is 11.2. The Morgan fingerprint density at radius 1 is 0.850 bits per heavy atom. The fourth-order valence-corrected chi connectivity index (χ4v) is 3.27. The zero-order chi connectivity index (χ0) is 15.6. The number of hydrogen-bond acceptors (Lipinski definition) is 1. The molecule has 2 nitrogen and oxygen atoms in total. The Labute approximate surface area is 156 Å². The van der Waals surface area contributed by atoms with Crippen molar-refractivity contribution in [3.8, 4) is 0 Å². The summed E-state index contributed by atoms with van der Waals surface area (Å²) >= 11 is 13.3. The van der Waals surface area contributed by atoms with Gasteiger partial charge in [-0.15, -0.1) is 0 Å². The van der Waals surface area contributed by atoms with Crippen LogP contribution < -0.4 is 0 Å². The molecule has 0 fully saturated rings. The summed E-state index contributed by atoms with van der Waals surface area (Å²) in [7, 11) is 0. The fourth-order valence-electron chi connectivity index (χ4n) is 1.97. The molecule has 0 rings (SSSR count). The van der Waals surface area contributed by atoms with Gasteiger partial charge in [0.25, 0.3) is 0 Å². The van der Waals surface area contributed by atoms with E-state index in [1.807, 2.05) is 0 Å². The van der Waals surface area contributed by atoms with Crippen LogP contribution in [0, 0.1) is 0 Å². The van der Waals surface area contributed by atoms with Crippen molar-refractivity contribution < 1.29 is 9.90 Å². The Balaban J connectivity index is 3.71. The Morgan fingerprint density at radius 2 is 1.25 bits per heavy atom. The third-order valence-electron chi connectivity index (χ3n) is 3.32. The number of rotatable bonds is 12. The van der Waals surface area contributed by atoms with Crippen LogP contribution in [0.25, 0.3) is 0 Å². The van der Waals surface area contributed by atoms with Crippen LogP contribution in [-0.2, 0) is 4.79 Å². The van der Waals surface area contributed by atoms with Crippen LogP contribution in [-0.4, -0.2) is 17.5 Å². The largest absolute Gasteiger partial charge is 0.480 e. The Morgan fingerprint density at radius 3 is 1.65 bits per heavy atom. The van der Waals surface area contributed by atoms with E-state index in [4.69, 9.17) is 5.11 Å². The monoisotopic (exact) mass is 540 g/mol. The van der Waals surface area contributed by atoms with Gasteiger partial charge in [0.1, 0.15) is 3.23 Å². The standard InChI is InChI=1S/C14H24Br4O2/c1-2-3-4-5-6-7-8-9-10-11-13(15,16)14(17,18)12(19)20/h2-11H2,1H3,(H,19,20). The normalized spacial score (nSPS) is 12.7. The summed E-state index contributed by atoms with van der Waals surface area (Å²) in [6.07, 6.45) is 12.1. The van der Waals surface area contributed by atoms with E-state index in [1.165, 1.54) is 44.9 Å². The van der Waals surface area contributed by atoms with Gasteiger partial charge in [-0.1, -0.05) is 128 Å². The van der Waals surface area contributed by atoms with Gasteiger partial charge >= 0.3 is 5.97 Å². The van der Waals surface area contributed by atoms with E-state index in [1.54, 1.807) is 0 Å². The maximum atomic E-state index is 11.2. The van der Waals surface area contributed by atoms with Gasteiger partial charge < -0.3 is 5.11 Å². The highest BCUT2D eigenvalue weighted by Gasteiger charge is 2.50. The quantitative estimate of drug-likeness (QED) is 0.213. The molecule has 0 saturated carbocycles. The molecule has 0 amide bonds. The Kier molecular flexibility index (Phi) is 11.8. The fraction of sp³-hybridized carbons (Fsp3) is 0.929. The lowest BCUT2D eigenvalue weighted by atomic mass is 10.1. The number of carbonyl (C=O) groups is 1. The predicted molar refractivity (Wildman–Crippen MR) is 101 cm³/mol. The average Bonchev–Trinajstić information content (AvgIpc) is 2.36. The van der Waals surface area contributed by atoms with Crippen LogP contribution in [0.3, 0.4) is 0 Å². The van der Waals surface area contributed by atoms with Crippen molar-refractivity contribution in [1.29, 1.82) is 0 Å². The number of carboxylic acids is 1. The Hall–Kier alpha value is 1.39. The summed E-state index contributed by atoms with van der Waals surface area (Å²) < 4.78 is -1.87.